The molecule has 1 aliphatic rings. The lowest BCUT2D eigenvalue weighted by Gasteiger charge is -2.22. The average Bonchev–Trinajstić information content (AvgIpc) is 2.41. The van der Waals surface area contributed by atoms with Gasteiger partial charge < -0.3 is 5.32 Å². The van der Waals surface area contributed by atoms with E-state index in [-0.39, 0.29) is 11.6 Å². The fourth-order valence-electron chi connectivity index (χ4n) is 2.00. The summed E-state index contributed by atoms with van der Waals surface area (Å²) in [5.41, 5.74) is -0.674. The molecule has 0 radical (unpaired) electrons. The quantitative estimate of drug-likeness (QED) is 0.674. The third-order valence-electron chi connectivity index (χ3n) is 3.13. The van der Waals surface area contributed by atoms with Crippen molar-refractivity contribution < 1.29 is 18.3 Å². The van der Waals surface area contributed by atoms with Crippen molar-refractivity contribution in [1.82, 2.24) is 5.32 Å². The SMILES string of the molecule is O=C(NC1CCS(=O)CC1)c1ccc(F)c([N+](=O)[O-])c1. The molecule has 1 heterocycles. The van der Waals surface area contributed by atoms with E-state index in [1.165, 1.54) is 6.07 Å². The molecule has 1 amide bonds. The molecule has 1 saturated heterocycles. The monoisotopic (exact) mass is 300 g/mol. The van der Waals surface area contributed by atoms with Gasteiger partial charge in [0.05, 0.1) is 4.92 Å². The fourth-order valence-corrected chi connectivity index (χ4v) is 3.30. The molecule has 1 fully saturated rings. The number of amides is 1. The lowest BCUT2D eigenvalue weighted by Crippen LogP contribution is -2.39. The Kier molecular flexibility index (Phi) is 4.43. The molecule has 1 aromatic carbocycles. The van der Waals surface area contributed by atoms with E-state index in [0.29, 0.717) is 24.3 Å². The predicted octanol–water partition coefficient (Wildman–Crippen LogP) is 1.37. The van der Waals surface area contributed by atoms with Crippen LogP contribution in [-0.2, 0) is 10.8 Å². The first-order chi connectivity index (χ1) is 9.47. The van der Waals surface area contributed by atoms with Crippen LogP contribution in [0.25, 0.3) is 0 Å². The summed E-state index contributed by atoms with van der Waals surface area (Å²) in [5, 5.41) is 13.3. The average molecular weight is 300 g/mol. The summed E-state index contributed by atoms with van der Waals surface area (Å²) in [4.78, 5) is 21.7. The lowest BCUT2D eigenvalue weighted by molar-refractivity contribution is -0.387. The van der Waals surface area contributed by atoms with E-state index in [2.05, 4.69) is 5.32 Å². The second kappa shape index (κ2) is 6.08. The van der Waals surface area contributed by atoms with E-state index in [4.69, 9.17) is 0 Å². The summed E-state index contributed by atoms with van der Waals surface area (Å²) in [7, 11) is -0.823. The Morgan fingerprint density at radius 3 is 2.65 bits per heavy atom. The van der Waals surface area contributed by atoms with Gasteiger partial charge in [0.25, 0.3) is 5.91 Å². The molecule has 1 aliphatic heterocycles. The summed E-state index contributed by atoms with van der Waals surface area (Å²) in [6.45, 7) is 0. The molecule has 8 heteroatoms. The van der Waals surface area contributed by atoms with Crippen LogP contribution in [0.2, 0.25) is 0 Å². The number of nitro groups is 1. The number of benzene rings is 1. The van der Waals surface area contributed by atoms with E-state index >= 15 is 0 Å². The van der Waals surface area contributed by atoms with E-state index in [1.807, 2.05) is 0 Å². The van der Waals surface area contributed by atoms with Crippen LogP contribution in [-0.4, -0.2) is 32.6 Å². The molecule has 1 N–H and O–H groups in total. The Bertz CT molecular complexity index is 569. The third-order valence-corrected chi connectivity index (χ3v) is 4.51. The Morgan fingerprint density at radius 1 is 1.40 bits per heavy atom. The Labute approximate surface area is 117 Å². The number of halogens is 1. The fraction of sp³-hybridized carbons (Fsp3) is 0.417. The molecule has 0 bridgehead atoms. The Morgan fingerprint density at radius 2 is 2.05 bits per heavy atom. The number of nitrogens with zero attached hydrogens (tertiary/aromatic N) is 1. The van der Waals surface area contributed by atoms with Gasteiger partial charge in [-0.05, 0) is 25.0 Å². The van der Waals surface area contributed by atoms with E-state index in [0.717, 1.165) is 12.1 Å². The summed E-state index contributed by atoms with van der Waals surface area (Å²) in [6, 6.07) is 2.94. The molecule has 2 rings (SSSR count). The third kappa shape index (κ3) is 3.38. The minimum Gasteiger partial charge on any atom is -0.349 e. The predicted molar refractivity (Wildman–Crippen MR) is 71.4 cm³/mol. The molecule has 20 heavy (non-hydrogen) atoms. The van der Waals surface area contributed by atoms with Crippen molar-refractivity contribution in [2.24, 2.45) is 0 Å². The van der Waals surface area contributed by atoms with Crippen LogP contribution in [0.5, 0.6) is 0 Å². The number of nitro benzene ring substituents is 1. The Balaban J connectivity index is 2.07. The molecular formula is C12H13FN2O4S. The van der Waals surface area contributed by atoms with Crippen LogP contribution in [0, 0.1) is 15.9 Å². The minimum atomic E-state index is -0.973. The smallest absolute Gasteiger partial charge is 0.305 e. The maximum absolute atomic E-state index is 13.2. The van der Waals surface area contributed by atoms with Gasteiger partial charge >= 0.3 is 5.69 Å². The maximum Gasteiger partial charge on any atom is 0.305 e. The van der Waals surface area contributed by atoms with E-state index < -0.39 is 33.1 Å². The number of nitrogens with one attached hydrogen (secondary N) is 1. The van der Waals surface area contributed by atoms with Crippen LogP contribution in [0.1, 0.15) is 23.2 Å². The van der Waals surface area contributed by atoms with Crippen LogP contribution in [0.4, 0.5) is 10.1 Å². The zero-order valence-corrected chi connectivity index (χ0v) is 11.3. The van der Waals surface area contributed by atoms with Gasteiger partial charge in [-0.15, -0.1) is 0 Å². The summed E-state index contributed by atoms with van der Waals surface area (Å²) in [6.07, 6.45) is 1.23. The molecule has 108 valence electrons. The normalized spacial score (nSPS) is 22.2. The van der Waals surface area contributed by atoms with Crippen molar-refractivity contribution in [2.45, 2.75) is 18.9 Å². The summed E-state index contributed by atoms with van der Waals surface area (Å²) < 4.78 is 24.4. The van der Waals surface area contributed by atoms with Gasteiger partial charge in [0.1, 0.15) is 0 Å². The van der Waals surface area contributed by atoms with Crippen molar-refractivity contribution in [3.8, 4) is 0 Å². The summed E-state index contributed by atoms with van der Waals surface area (Å²) in [5.74, 6) is -0.381. The van der Waals surface area contributed by atoms with E-state index in [1.54, 1.807) is 0 Å². The number of carbonyl (C=O) groups is 1. The highest BCUT2D eigenvalue weighted by molar-refractivity contribution is 7.85. The number of carbonyl (C=O) groups excluding carboxylic acids is 1. The Hall–Kier alpha value is -1.83. The molecule has 0 spiro atoms. The lowest BCUT2D eigenvalue weighted by atomic mass is 10.1. The molecular weight excluding hydrogens is 287 g/mol. The van der Waals surface area contributed by atoms with Crippen molar-refractivity contribution in [3.63, 3.8) is 0 Å². The van der Waals surface area contributed by atoms with Gasteiger partial charge in [-0.25, -0.2) is 0 Å². The number of hydrogen-bond acceptors (Lipinski definition) is 4. The maximum atomic E-state index is 13.2. The molecule has 6 nitrogen and oxygen atoms in total. The first kappa shape index (κ1) is 14.6. The van der Waals surface area contributed by atoms with Crippen molar-refractivity contribution in [3.05, 3.63) is 39.7 Å². The van der Waals surface area contributed by atoms with Gasteiger partial charge in [0.2, 0.25) is 5.82 Å². The second-order valence-corrected chi connectivity index (χ2v) is 6.22. The molecule has 0 atom stereocenters. The standard InChI is InChI=1S/C12H13FN2O4S/c13-10-2-1-8(7-11(10)15(17)18)12(16)14-9-3-5-20(19)6-4-9/h1-2,7,9H,3-6H2,(H,14,16). The molecule has 0 unspecified atom stereocenters. The van der Waals surface area contributed by atoms with Crippen LogP contribution >= 0.6 is 0 Å². The minimum absolute atomic E-state index is 0.0461. The topological polar surface area (TPSA) is 89.3 Å². The highest BCUT2D eigenvalue weighted by Gasteiger charge is 2.22. The van der Waals surface area contributed by atoms with Gasteiger partial charge in [0, 0.05) is 40.0 Å². The van der Waals surface area contributed by atoms with Crippen LogP contribution in [0.15, 0.2) is 18.2 Å². The van der Waals surface area contributed by atoms with Crippen molar-refractivity contribution >= 4 is 22.4 Å². The van der Waals surface area contributed by atoms with Gasteiger partial charge in [0.15, 0.2) is 0 Å². The molecule has 1 aromatic rings. The molecule has 0 saturated carbocycles. The number of rotatable bonds is 3. The molecule has 0 aromatic heterocycles. The van der Waals surface area contributed by atoms with Crippen LogP contribution < -0.4 is 5.32 Å². The van der Waals surface area contributed by atoms with Gasteiger partial charge in [-0.3, -0.25) is 19.1 Å². The molecule has 0 aliphatic carbocycles. The largest absolute Gasteiger partial charge is 0.349 e. The first-order valence-electron chi connectivity index (χ1n) is 6.07. The number of hydrogen-bond donors (Lipinski definition) is 1. The first-order valence-corrected chi connectivity index (χ1v) is 7.56. The zero-order chi connectivity index (χ0) is 14.7. The van der Waals surface area contributed by atoms with E-state index in [9.17, 15) is 23.5 Å². The highest BCUT2D eigenvalue weighted by atomic mass is 32.2. The second-order valence-electron chi connectivity index (χ2n) is 4.52. The van der Waals surface area contributed by atoms with Crippen molar-refractivity contribution in [2.75, 3.05) is 11.5 Å². The highest BCUT2D eigenvalue weighted by Crippen LogP contribution is 2.19. The summed E-state index contributed by atoms with van der Waals surface area (Å²) >= 11 is 0. The van der Waals surface area contributed by atoms with Gasteiger partial charge in [-0.1, -0.05) is 0 Å². The van der Waals surface area contributed by atoms with Crippen molar-refractivity contribution in [1.29, 1.82) is 0 Å². The zero-order valence-electron chi connectivity index (χ0n) is 10.5. The van der Waals surface area contributed by atoms with Gasteiger partial charge in [-0.2, -0.15) is 4.39 Å². The van der Waals surface area contributed by atoms with Crippen LogP contribution in [0.3, 0.4) is 0 Å².